The van der Waals surface area contributed by atoms with Gasteiger partial charge in [-0.25, -0.2) is 0 Å². The smallest absolute Gasteiger partial charge is 0.305 e. The van der Waals surface area contributed by atoms with Gasteiger partial charge in [0.2, 0.25) is 0 Å². The summed E-state index contributed by atoms with van der Waals surface area (Å²) in [6.07, 6.45) is 22.5. The van der Waals surface area contributed by atoms with Crippen molar-refractivity contribution in [2.24, 2.45) is 0 Å². The molecule has 0 aliphatic rings. The Bertz CT molecular complexity index is 610. The molecule has 0 bridgehead atoms. The molecule has 0 fully saturated rings. The summed E-state index contributed by atoms with van der Waals surface area (Å²) in [5.41, 5.74) is 1.10. The zero-order valence-corrected chi connectivity index (χ0v) is 24.5. The molecule has 4 nitrogen and oxygen atoms in total. The molecule has 1 aromatic carbocycles. The fourth-order valence-electron chi connectivity index (χ4n) is 4.37. The summed E-state index contributed by atoms with van der Waals surface area (Å²) in [5, 5.41) is 0. The second-order valence-electron chi connectivity index (χ2n) is 10.3. The highest BCUT2D eigenvalue weighted by Gasteiger charge is 2.13. The number of halogens is 1. The summed E-state index contributed by atoms with van der Waals surface area (Å²) in [6, 6.07) is 10.0. The van der Waals surface area contributed by atoms with E-state index >= 15 is 0 Å². The lowest BCUT2D eigenvalue weighted by Crippen LogP contribution is -2.27. The number of carbonyl (C=O) groups excluding carboxylic acids is 1. The van der Waals surface area contributed by atoms with Crippen molar-refractivity contribution in [1.82, 2.24) is 0 Å². The molecule has 1 rings (SSSR count). The van der Waals surface area contributed by atoms with Crippen molar-refractivity contribution in [2.45, 2.75) is 135 Å². The Morgan fingerprint density at radius 1 is 0.730 bits per heavy atom. The minimum Gasteiger partial charge on any atom is -0.463 e. The van der Waals surface area contributed by atoms with Crippen LogP contribution in [0.1, 0.15) is 128 Å². The zero-order valence-electron chi connectivity index (χ0n) is 23.7. The molecule has 0 amide bonds. The SMILES string of the molecule is CCCCCCCCCCCCCCCCCCOC[C@H](COC(=O)CCCCl)OCc1ccccc1. The van der Waals surface area contributed by atoms with Gasteiger partial charge in [0.1, 0.15) is 12.7 Å². The van der Waals surface area contributed by atoms with E-state index in [2.05, 4.69) is 6.92 Å². The van der Waals surface area contributed by atoms with Crippen molar-refractivity contribution in [2.75, 3.05) is 25.7 Å². The van der Waals surface area contributed by atoms with Gasteiger partial charge < -0.3 is 14.2 Å². The van der Waals surface area contributed by atoms with Gasteiger partial charge in [-0.3, -0.25) is 4.79 Å². The lowest BCUT2D eigenvalue weighted by atomic mass is 10.0. The average molecular weight is 539 g/mol. The summed E-state index contributed by atoms with van der Waals surface area (Å²) in [4.78, 5) is 11.8. The fraction of sp³-hybridized carbons (Fsp3) is 0.781. The van der Waals surface area contributed by atoms with Crippen LogP contribution in [0, 0.1) is 0 Å². The van der Waals surface area contributed by atoms with Crippen LogP contribution < -0.4 is 0 Å². The first-order chi connectivity index (χ1) is 18.3. The molecule has 0 saturated carbocycles. The average Bonchev–Trinajstić information content (AvgIpc) is 2.92. The van der Waals surface area contributed by atoms with Crippen molar-refractivity contribution in [3.63, 3.8) is 0 Å². The van der Waals surface area contributed by atoms with Gasteiger partial charge in [0, 0.05) is 18.9 Å². The molecule has 0 radical (unpaired) electrons. The Morgan fingerprint density at radius 2 is 1.27 bits per heavy atom. The molecule has 37 heavy (non-hydrogen) atoms. The Morgan fingerprint density at radius 3 is 1.81 bits per heavy atom. The molecule has 1 aromatic rings. The van der Waals surface area contributed by atoms with Crippen LogP contribution in [0.5, 0.6) is 0 Å². The molecule has 5 heteroatoms. The van der Waals surface area contributed by atoms with Crippen LogP contribution in [0.3, 0.4) is 0 Å². The summed E-state index contributed by atoms with van der Waals surface area (Å²) in [5.74, 6) is 0.234. The second-order valence-corrected chi connectivity index (χ2v) is 10.7. The Hall–Kier alpha value is -1.10. The highest BCUT2D eigenvalue weighted by atomic mass is 35.5. The minimum atomic E-state index is -0.263. The lowest BCUT2D eigenvalue weighted by molar-refractivity contribution is -0.150. The Balaban J connectivity index is 2.00. The largest absolute Gasteiger partial charge is 0.463 e. The van der Waals surface area contributed by atoms with E-state index in [0.29, 0.717) is 31.9 Å². The Labute approximate surface area is 233 Å². The molecule has 0 aliphatic carbocycles. The van der Waals surface area contributed by atoms with Gasteiger partial charge in [-0.05, 0) is 18.4 Å². The van der Waals surface area contributed by atoms with Gasteiger partial charge in [0.05, 0.1) is 13.2 Å². The fourth-order valence-corrected chi connectivity index (χ4v) is 4.50. The zero-order chi connectivity index (χ0) is 26.7. The molecule has 1 atom stereocenters. The third-order valence-corrected chi connectivity index (χ3v) is 6.99. The van der Waals surface area contributed by atoms with Crippen LogP contribution >= 0.6 is 11.6 Å². The molecule has 214 valence electrons. The third kappa shape index (κ3) is 22.6. The molecule has 0 unspecified atom stereocenters. The van der Waals surface area contributed by atoms with Gasteiger partial charge in [-0.2, -0.15) is 0 Å². The van der Waals surface area contributed by atoms with Gasteiger partial charge in [-0.1, -0.05) is 134 Å². The van der Waals surface area contributed by atoms with E-state index < -0.39 is 0 Å². The van der Waals surface area contributed by atoms with Crippen molar-refractivity contribution < 1.29 is 19.0 Å². The quantitative estimate of drug-likeness (QED) is 0.0635. The van der Waals surface area contributed by atoms with Crippen molar-refractivity contribution in [3.8, 4) is 0 Å². The normalized spacial score (nSPS) is 12.1. The second kappa shape index (κ2) is 26.5. The minimum absolute atomic E-state index is 0.215. The number of unbranched alkanes of at least 4 members (excludes halogenated alkanes) is 15. The van der Waals surface area contributed by atoms with Crippen LogP contribution in [0.15, 0.2) is 30.3 Å². The van der Waals surface area contributed by atoms with Gasteiger partial charge in [-0.15, -0.1) is 11.6 Å². The monoisotopic (exact) mass is 538 g/mol. The van der Waals surface area contributed by atoms with Crippen LogP contribution in [0.25, 0.3) is 0 Å². The van der Waals surface area contributed by atoms with Crippen molar-refractivity contribution in [3.05, 3.63) is 35.9 Å². The highest BCUT2D eigenvalue weighted by Crippen LogP contribution is 2.14. The van der Waals surface area contributed by atoms with E-state index in [9.17, 15) is 4.79 Å². The van der Waals surface area contributed by atoms with Crippen LogP contribution in [-0.4, -0.2) is 37.8 Å². The number of benzene rings is 1. The third-order valence-electron chi connectivity index (χ3n) is 6.72. The van der Waals surface area contributed by atoms with Gasteiger partial charge >= 0.3 is 5.97 Å². The predicted octanol–water partition coefficient (Wildman–Crippen LogP) is 9.41. The first kappa shape index (κ1) is 33.9. The maximum atomic E-state index is 11.8. The predicted molar refractivity (Wildman–Crippen MR) is 156 cm³/mol. The Kier molecular flexibility index (Phi) is 24.3. The van der Waals surface area contributed by atoms with E-state index in [-0.39, 0.29) is 18.7 Å². The van der Waals surface area contributed by atoms with Gasteiger partial charge in [0.25, 0.3) is 0 Å². The maximum Gasteiger partial charge on any atom is 0.305 e. The number of hydrogen-bond acceptors (Lipinski definition) is 4. The topological polar surface area (TPSA) is 44.8 Å². The first-order valence-corrected chi connectivity index (χ1v) is 15.7. The summed E-state index contributed by atoms with van der Waals surface area (Å²) in [7, 11) is 0. The van der Waals surface area contributed by atoms with Crippen molar-refractivity contribution >= 4 is 17.6 Å². The van der Waals surface area contributed by atoms with Crippen LogP contribution in [-0.2, 0) is 25.6 Å². The van der Waals surface area contributed by atoms with E-state index in [0.717, 1.165) is 18.6 Å². The molecular formula is C32H55ClO4. The molecule has 0 N–H and O–H groups in total. The lowest BCUT2D eigenvalue weighted by Gasteiger charge is -2.18. The van der Waals surface area contributed by atoms with E-state index in [1.165, 1.54) is 96.3 Å². The number of rotatable bonds is 27. The molecule has 0 aliphatic heterocycles. The van der Waals surface area contributed by atoms with E-state index in [4.69, 9.17) is 25.8 Å². The number of carbonyl (C=O) groups is 1. The summed E-state index contributed by atoms with van der Waals surface area (Å²) in [6.45, 7) is 4.14. The molecule has 0 saturated heterocycles. The summed E-state index contributed by atoms with van der Waals surface area (Å²) < 4.78 is 17.2. The van der Waals surface area contributed by atoms with E-state index in [1.54, 1.807) is 0 Å². The number of alkyl halides is 1. The molecule has 0 aromatic heterocycles. The standard InChI is InChI=1S/C32H55ClO4/c1-2-3-4-5-6-7-8-9-10-11-12-13-14-15-16-20-26-35-28-31(29-37-32(34)24-21-25-33)36-27-30-22-18-17-19-23-30/h17-19,22-23,31H,2-16,20-21,24-29H2,1H3/t31-/m1/s1. The summed E-state index contributed by atoms with van der Waals surface area (Å²) >= 11 is 5.66. The molecular weight excluding hydrogens is 484 g/mol. The van der Waals surface area contributed by atoms with Crippen LogP contribution in [0.4, 0.5) is 0 Å². The van der Waals surface area contributed by atoms with Gasteiger partial charge in [0.15, 0.2) is 0 Å². The maximum absolute atomic E-state index is 11.8. The number of esters is 1. The molecule has 0 heterocycles. The number of hydrogen-bond donors (Lipinski definition) is 0. The van der Waals surface area contributed by atoms with E-state index in [1.807, 2.05) is 30.3 Å². The van der Waals surface area contributed by atoms with Crippen molar-refractivity contribution in [1.29, 1.82) is 0 Å². The molecule has 0 spiro atoms. The first-order valence-electron chi connectivity index (χ1n) is 15.2. The highest BCUT2D eigenvalue weighted by molar-refractivity contribution is 6.17. The van der Waals surface area contributed by atoms with Crippen LogP contribution in [0.2, 0.25) is 0 Å². The number of ether oxygens (including phenoxy) is 3.